The van der Waals surface area contributed by atoms with Crippen molar-refractivity contribution in [2.45, 2.75) is 85.2 Å². The van der Waals surface area contributed by atoms with Crippen molar-refractivity contribution in [2.75, 3.05) is 6.54 Å². The Hall–Kier alpha value is -2.70. The van der Waals surface area contributed by atoms with E-state index in [9.17, 15) is 9.59 Å². The van der Waals surface area contributed by atoms with Gasteiger partial charge in [-0.25, -0.2) is 0 Å². The minimum atomic E-state index is -0.723. The molecule has 35 heavy (non-hydrogen) atoms. The zero-order valence-corrected chi connectivity index (χ0v) is 21.8. The number of ether oxygens (including phenoxy) is 3. The van der Waals surface area contributed by atoms with Crippen molar-refractivity contribution in [3.63, 3.8) is 0 Å². The Morgan fingerprint density at radius 2 is 1.54 bits per heavy atom. The molecule has 1 saturated heterocycles. The number of hydrogen-bond donors (Lipinski definition) is 1. The summed E-state index contributed by atoms with van der Waals surface area (Å²) in [5.41, 5.74) is 12.5. The van der Waals surface area contributed by atoms with Crippen LogP contribution in [0.3, 0.4) is 0 Å². The average Bonchev–Trinajstić information content (AvgIpc) is 2.79. The molecule has 0 aliphatic carbocycles. The zero-order chi connectivity index (χ0) is 25.7. The summed E-state index contributed by atoms with van der Waals surface area (Å²) in [4.78, 5) is 24.0. The predicted molar refractivity (Wildman–Crippen MR) is 136 cm³/mol. The predicted octanol–water partition coefficient (Wildman–Crippen LogP) is 4.74. The van der Waals surface area contributed by atoms with Crippen LogP contribution in [-0.4, -0.2) is 36.8 Å². The monoisotopic (exact) mass is 481 g/mol. The van der Waals surface area contributed by atoms with Crippen LogP contribution < -0.4 is 5.73 Å². The molecule has 6 heteroatoms. The molecule has 190 valence electrons. The summed E-state index contributed by atoms with van der Waals surface area (Å²) in [6, 6.07) is 12.9. The SMILES string of the molecule is CC[C@H]1O[C@@H](c2cc(Cc3ccc(CCN)cc3)c(C)cc2C)[C@H](OC(C)=O)[C@@H](OC(C)=O)[C@@H]1C. The van der Waals surface area contributed by atoms with Gasteiger partial charge >= 0.3 is 11.9 Å². The first-order chi connectivity index (χ1) is 16.6. The van der Waals surface area contributed by atoms with Crippen molar-refractivity contribution in [1.82, 2.24) is 0 Å². The van der Waals surface area contributed by atoms with Crippen molar-refractivity contribution in [3.8, 4) is 0 Å². The molecule has 0 amide bonds. The fourth-order valence-electron chi connectivity index (χ4n) is 5.10. The maximum atomic E-state index is 12.1. The number of hydrogen-bond acceptors (Lipinski definition) is 6. The number of esters is 2. The highest BCUT2D eigenvalue weighted by molar-refractivity contribution is 5.67. The maximum absolute atomic E-state index is 12.1. The number of rotatable bonds is 8. The lowest BCUT2D eigenvalue weighted by Gasteiger charge is -2.45. The molecular formula is C29H39NO5. The van der Waals surface area contributed by atoms with Gasteiger partial charge in [-0.15, -0.1) is 0 Å². The highest BCUT2D eigenvalue weighted by Crippen LogP contribution is 2.41. The smallest absolute Gasteiger partial charge is 0.303 e. The summed E-state index contributed by atoms with van der Waals surface area (Å²) >= 11 is 0. The molecule has 1 fully saturated rings. The van der Waals surface area contributed by atoms with Crippen LogP contribution in [0, 0.1) is 19.8 Å². The Kier molecular flexibility index (Phi) is 9.09. The van der Waals surface area contributed by atoms with Gasteiger partial charge in [-0.05, 0) is 73.0 Å². The molecule has 0 saturated carbocycles. The van der Waals surface area contributed by atoms with Crippen molar-refractivity contribution in [2.24, 2.45) is 11.7 Å². The normalized spacial score (nSPS) is 24.1. The van der Waals surface area contributed by atoms with E-state index in [1.165, 1.54) is 36.1 Å². The van der Waals surface area contributed by atoms with E-state index in [-0.39, 0.29) is 12.0 Å². The summed E-state index contributed by atoms with van der Waals surface area (Å²) in [6.07, 6.45) is 0.429. The summed E-state index contributed by atoms with van der Waals surface area (Å²) in [7, 11) is 0. The minimum Gasteiger partial charge on any atom is -0.458 e. The largest absolute Gasteiger partial charge is 0.458 e. The van der Waals surface area contributed by atoms with E-state index in [1.807, 2.05) is 13.8 Å². The maximum Gasteiger partial charge on any atom is 0.303 e. The third-order valence-corrected chi connectivity index (χ3v) is 6.94. The zero-order valence-electron chi connectivity index (χ0n) is 21.8. The first kappa shape index (κ1) is 26.9. The second-order valence-corrected chi connectivity index (χ2v) is 9.68. The van der Waals surface area contributed by atoms with Gasteiger partial charge < -0.3 is 19.9 Å². The van der Waals surface area contributed by atoms with Crippen molar-refractivity contribution in [1.29, 1.82) is 0 Å². The van der Waals surface area contributed by atoms with E-state index in [4.69, 9.17) is 19.9 Å². The van der Waals surface area contributed by atoms with Crippen LogP contribution in [0.4, 0.5) is 0 Å². The van der Waals surface area contributed by atoms with Crippen molar-refractivity contribution >= 4 is 11.9 Å². The van der Waals surface area contributed by atoms with Crippen LogP contribution in [0.2, 0.25) is 0 Å². The quantitative estimate of drug-likeness (QED) is 0.548. The first-order valence-electron chi connectivity index (χ1n) is 12.5. The van der Waals surface area contributed by atoms with Gasteiger partial charge in [0.15, 0.2) is 6.10 Å². The lowest BCUT2D eigenvalue weighted by atomic mass is 9.82. The van der Waals surface area contributed by atoms with Gasteiger partial charge in [0.2, 0.25) is 0 Å². The molecule has 2 aromatic rings. The lowest BCUT2D eigenvalue weighted by molar-refractivity contribution is -0.225. The van der Waals surface area contributed by atoms with E-state index >= 15 is 0 Å². The Balaban J connectivity index is 2.00. The summed E-state index contributed by atoms with van der Waals surface area (Å²) in [5, 5.41) is 0. The highest BCUT2D eigenvalue weighted by atomic mass is 16.6. The second kappa shape index (κ2) is 11.8. The third kappa shape index (κ3) is 6.50. The summed E-state index contributed by atoms with van der Waals surface area (Å²) in [5.74, 6) is -0.930. The van der Waals surface area contributed by atoms with E-state index in [1.54, 1.807) is 0 Å². The van der Waals surface area contributed by atoms with E-state index in [2.05, 4.69) is 50.2 Å². The van der Waals surface area contributed by atoms with Crippen molar-refractivity contribution in [3.05, 3.63) is 69.8 Å². The van der Waals surface area contributed by atoms with Gasteiger partial charge in [0.1, 0.15) is 12.2 Å². The van der Waals surface area contributed by atoms with E-state index in [0.717, 1.165) is 30.4 Å². The van der Waals surface area contributed by atoms with E-state index in [0.29, 0.717) is 6.54 Å². The Morgan fingerprint density at radius 1 is 0.943 bits per heavy atom. The van der Waals surface area contributed by atoms with Crippen LogP contribution in [0.1, 0.15) is 73.6 Å². The average molecular weight is 482 g/mol. The Bertz CT molecular complexity index is 1030. The molecular weight excluding hydrogens is 442 g/mol. The van der Waals surface area contributed by atoms with Crippen LogP contribution in [0.5, 0.6) is 0 Å². The number of nitrogens with two attached hydrogens (primary N) is 1. The standard InChI is InChI=1S/C29H39NO5/c1-7-26-19(4)27(33-20(5)31)29(34-21(6)32)28(35-26)25-16-24(17(2)14-18(25)3)15-23-10-8-22(9-11-23)12-13-30/h8-11,14,16,19,26-29H,7,12-13,15,30H2,1-6H3/t19-,26-,27+,28+,29-/m1/s1. The van der Waals surface area contributed by atoms with Crippen LogP contribution in [0.25, 0.3) is 0 Å². The molecule has 2 aromatic carbocycles. The molecule has 0 bridgehead atoms. The van der Waals surface area contributed by atoms with Gasteiger partial charge in [-0.1, -0.05) is 50.2 Å². The molecule has 6 nitrogen and oxygen atoms in total. The molecule has 2 N–H and O–H groups in total. The van der Waals surface area contributed by atoms with Gasteiger partial charge in [-0.2, -0.15) is 0 Å². The molecule has 0 radical (unpaired) electrons. The van der Waals surface area contributed by atoms with Crippen molar-refractivity contribution < 1.29 is 23.8 Å². The number of carbonyl (C=O) groups excluding carboxylic acids is 2. The molecule has 1 heterocycles. The minimum absolute atomic E-state index is 0.109. The summed E-state index contributed by atoms with van der Waals surface area (Å²) < 4.78 is 18.0. The van der Waals surface area contributed by atoms with Crippen LogP contribution in [-0.2, 0) is 36.6 Å². The summed E-state index contributed by atoms with van der Waals surface area (Å²) in [6.45, 7) is 11.6. The fraction of sp³-hybridized carbons (Fsp3) is 0.517. The van der Waals surface area contributed by atoms with Gasteiger partial charge in [0, 0.05) is 19.8 Å². The van der Waals surface area contributed by atoms with Gasteiger partial charge in [0.25, 0.3) is 0 Å². The topological polar surface area (TPSA) is 87.8 Å². The fourth-order valence-corrected chi connectivity index (χ4v) is 5.10. The second-order valence-electron chi connectivity index (χ2n) is 9.68. The molecule has 1 aliphatic rings. The number of carbonyl (C=O) groups is 2. The molecule has 3 rings (SSSR count). The van der Waals surface area contributed by atoms with Gasteiger partial charge in [-0.3, -0.25) is 9.59 Å². The molecule has 0 aromatic heterocycles. The molecule has 0 spiro atoms. The number of benzene rings is 2. The van der Waals surface area contributed by atoms with Crippen LogP contribution >= 0.6 is 0 Å². The lowest BCUT2D eigenvalue weighted by Crippen LogP contribution is -2.53. The van der Waals surface area contributed by atoms with Crippen LogP contribution in [0.15, 0.2) is 36.4 Å². The Labute approximate surface area is 209 Å². The highest BCUT2D eigenvalue weighted by Gasteiger charge is 2.48. The third-order valence-electron chi connectivity index (χ3n) is 6.94. The molecule has 1 aliphatic heterocycles. The molecule has 0 unspecified atom stereocenters. The number of aryl methyl sites for hydroxylation is 2. The van der Waals surface area contributed by atoms with E-state index < -0.39 is 30.3 Å². The molecule has 5 atom stereocenters. The first-order valence-corrected chi connectivity index (χ1v) is 12.5. The Morgan fingerprint density at radius 3 is 2.11 bits per heavy atom. The van der Waals surface area contributed by atoms with Gasteiger partial charge in [0.05, 0.1) is 6.10 Å².